The summed E-state index contributed by atoms with van der Waals surface area (Å²) in [5.74, 6) is 1.68. The van der Waals surface area contributed by atoms with E-state index in [9.17, 15) is 4.79 Å². The summed E-state index contributed by atoms with van der Waals surface area (Å²) in [4.78, 5) is 22.6. The SMILES string of the molecule is CCCc1cc(N2CCNC(=O)C[C@H]2C)n2ncnc2n1. The standard InChI is InChI=1S/C14H20N6O/c1-3-4-11-8-13(20-14(18-11)16-9-17-20)19-6-5-15-12(21)7-10(19)2/h8-10H,3-7H2,1-2H3,(H,15,21)/t10-/m1/s1. The lowest BCUT2D eigenvalue weighted by Gasteiger charge is -2.28. The first-order valence-corrected chi connectivity index (χ1v) is 7.42. The summed E-state index contributed by atoms with van der Waals surface area (Å²) in [6.07, 6.45) is 3.96. The Labute approximate surface area is 123 Å². The van der Waals surface area contributed by atoms with E-state index in [2.05, 4.69) is 45.2 Å². The smallest absolute Gasteiger partial charge is 0.254 e. The van der Waals surface area contributed by atoms with Gasteiger partial charge in [-0.1, -0.05) is 13.3 Å². The summed E-state index contributed by atoms with van der Waals surface area (Å²) < 4.78 is 1.76. The molecular formula is C14H20N6O. The van der Waals surface area contributed by atoms with Gasteiger partial charge in [0.2, 0.25) is 5.91 Å². The molecule has 0 aromatic carbocycles. The highest BCUT2D eigenvalue weighted by Crippen LogP contribution is 2.21. The minimum absolute atomic E-state index is 0.0997. The Balaban J connectivity index is 2.04. The van der Waals surface area contributed by atoms with E-state index < -0.39 is 0 Å². The fourth-order valence-corrected chi connectivity index (χ4v) is 2.76. The molecule has 3 heterocycles. The fraction of sp³-hybridized carbons (Fsp3) is 0.571. The monoisotopic (exact) mass is 288 g/mol. The van der Waals surface area contributed by atoms with Crippen LogP contribution in [0, 0.1) is 0 Å². The zero-order valence-electron chi connectivity index (χ0n) is 12.4. The predicted molar refractivity (Wildman–Crippen MR) is 79.2 cm³/mol. The van der Waals surface area contributed by atoms with Crippen LogP contribution in [0.25, 0.3) is 5.78 Å². The third kappa shape index (κ3) is 2.68. The normalized spacial score (nSPS) is 19.6. The van der Waals surface area contributed by atoms with Crippen molar-refractivity contribution < 1.29 is 4.79 Å². The Kier molecular flexibility index (Phi) is 3.72. The number of rotatable bonds is 3. The van der Waals surface area contributed by atoms with Crippen molar-refractivity contribution in [2.24, 2.45) is 0 Å². The molecule has 1 amide bonds. The zero-order valence-corrected chi connectivity index (χ0v) is 12.4. The number of carbonyl (C=O) groups is 1. The molecule has 1 aliphatic heterocycles. The zero-order chi connectivity index (χ0) is 14.8. The Hall–Kier alpha value is -2.18. The van der Waals surface area contributed by atoms with E-state index in [0.717, 1.165) is 30.9 Å². The van der Waals surface area contributed by atoms with E-state index in [0.29, 0.717) is 18.7 Å². The van der Waals surface area contributed by atoms with Gasteiger partial charge < -0.3 is 10.2 Å². The molecule has 0 saturated carbocycles. The van der Waals surface area contributed by atoms with Crippen molar-refractivity contribution in [2.45, 2.75) is 39.2 Å². The fourth-order valence-electron chi connectivity index (χ4n) is 2.76. The average Bonchev–Trinajstić information content (AvgIpc) is 2.84. The van der Waals surface area contributed by atoms with Gasteiger partial charge in [-0.05, 0) is 13.3 Å². The van der Waals surface area contributed by atoms with Crippen molar-refractivity contribution in [1.82, 2.24) is 24.9 Å². The number of amides is 1. The molecular weight excluding hydrogens is 268 g/mol. The number of aryl methyl sites for hydroxylation is 1. The van der Waals surface area contributed by atoms with Crippen LogP contribution in [0.3, 0.4) is 0 Å². The molecule has 3 rings (SSSR count). The van der Waals surface area contributed by atoms with Gasteiger partial charge >= 0.3 is 0 Å². The molecule has 1 saturated heterocycles. The molecule has 0 radical (unpaired) electrons. The molecule has 0 spiro atoms. The predicted octanol–water partition coefficient (Wildman–Crippen LogP) is 0.792. The van der Waals surface area contributed by atoms with Gasteiger partial charge in [0.1, 0.15) is 12.1 Å². The van der Waals surface area contributed by atoms with Gasteiger partial charge in [0.25, 0.3) is 5.78 Å². The molecule has 0 aliphatic carbocycles. The molecule has 0 bridgehead atoms. The second kappa shape index (κ2) is 5.67. The van der Waals surface area contributed by atoms with Gasteiger partial charge in [0.15, 0.2) is 0 Å². The van der Waals surface area contributed by atoms with Crippen LogP contribution in [0.2, 0.25) is 0 Å². The Morgan fingerprint density at radius 3 is 3.14 bits per heavy atom. The number of anilines is 1. The van der Waals surface area contributed by atoms with Crippen molar-refractivity contribution in [2.75, 3.05) is 18.0 Å². The molecule has 1 aliphatic rings. The number of carbonyl (C=O) groups excluding carboxylic acids is 1. The van der Waals surface area contributed by atoms with Crippen LogP contribution in [-0.2, 0) is 11.2 Å². The molecule has 1 atom stereocenters. The number of nitrogens with zero attached hydrogens (tertiary/aromatic N) is 5. The minimum Gasteiger partial charge on any atom is -0.354 e. The quantitative estimate of drug-likeness (QED) is 0.904. The van der Waals surface area contributed by atoms with E-state index in [1.54, 1.807) is 4.52 Å². The van der Waals surface area contributed by atoms with Gasteiger partial charge in [0.05, 0.1) is 0 Å². The Morgan fingerprint density at radius 1 is 1.48 bits per heavy atom. The van der Waals surface area contributed by atoms with Crippen LogP contribution in [-0.4, -0.2) is 44.6 Å². The highest BCUT2D eigenvalue weighted by atomic mass is 16.1. The van der Waals surface area contributed by atoms with Crippen LogP contribution >= 0.6 is 0 Å². The summed E-state index contributed by atoms with van der Waals surface area (Å²) in [6, 6.07) is 2.19. The third-order valence-electron chi connectivity index (χ3n) is 3.77. The van der Waals surface area contributed by atoms with Gasteiger partial charge in [-0.2, -0.15) is 14.6 Å². The first-order valence-electron chi connectivity index (χ1n) is 7.42. The van der Waals surface area contributed by atoms with Crippen molar-refractivity contribution >= 4 is 17.5 Å². The third-order valence-corrected chi connectivity index (χ3v) is 3.77. The lowest BCUT2D eigenvalue weighted by molar-refractivity contribution is -0.120. The van der Waals surface area contributed by atoms with Gasteiger partial charge in [0, 0.05) is 37.3 Å². The molecule has 112 valence electrons. The van der Waals surface area contributed by atoms with Crippen molar-refractivity contribution in [3.05, 3.63) is 18.1 Å². The van der Waals surface area contributed by atoms with Crippen LogP contribution in [0.4, 0.5) is 5.82 Å². The minimum atomic E-state index is 0.0997. The van der Waals surface area contributed by atoms with E-state index >= 15 is 0 Å². The lowest BCUT2D eigenvalue weighted by Crippen LogP contribution is -2.36. The highest BCUT2D eigenvalue weighted by Gasteiger charge is 2.24. The van der Waals surface area contributed by atoms with Crippen molar-refractivity contribution in [3.8, 4) is 0 Å². The highest BCUT2D eigenvalue weighted by molar-refractivity contribution is 5.77. The van der Waals surface area contributed by atoms with Crippen molar-refractivity contribution in [1.29, 1.82) is 0 Å². The van der Waals surface area contributed by atoms with Crippen molar-refractivity contribution in [3.63, 3.8) is 0 Å². The van der Waals surface area contributed by atoms with Gasteiger partial charge in [-0.3, -0.25) is 4.79 Å². The van der Waals surface area contributed by atoms with E-state index in [-0.39, 0.29) is 11.9 Å². The number of fused-ring (bicyclic) bond motifs is 1. The summed E-state index contributed by atoms with van der Waals surface area (Å²) >= 11 is 0. The molecule has 2 aromatic rings. The molecule has 1 N–H and O–H groups in total. The molecule has 0 unspecified atom stereocenters. The first kappa shape index (κ1) is 13.8. The summed E-state index contributed by atoms with van der Waals surface area (Å²) in [6.45, 7) is 5.60. The maximum absolute atomic E-state index is 11.7. The molecule has 2 aromatic heterocycles. The second-order valence-corrected chi connectivity index (χ2v) is 5.42. The van der Waals surface area contributed by atoms with Gasteiger partial charge in [-0.15, -0.1) is 0 Å². The summed E-state index contributed by atoms with van der Waals surface area (Å²) in [5, 5.41) is 7.19. The topological polar surface area (TPSA) is 75.4 Å². The number of nitrogens with one attached hydrogen (secondary N) is 1. The van der Waals surface area contributed by atoms with E-state index in [1.807, 2.05) is 0 Å². The van der Waals surface area contributed by atoms with E-state index in [1.165, 1.54) is 6.33 Å². The Bertz CT molecular complexity index is 652. The maximum Gasteiger partial charge on any atom is 0.254 e. The average molecular weight is 288 g/mol. The number of hydrogen-bond acceptors (Lipinski definition) is 5. The summed E-state index contributed by atoms with van der Waals surface area (Å²) in [5.41, 5.74) is 1.02. The molecule has 7 heteroatoms. The van der Waals surface area contributed by atoms with Crippen LogP contribution in [0.5, 0.6) is 0 Å². The number of aromatic nitrogens is 4. The van der Waals surface area contributed by atoms with Gasteiger partial charge in [-0.25, -0.2) is 4.98 Å². The van der Waals surface area contributed by atoms with Crippen LogP contribution in [0.1, 0.15) is 32.4 Å². The molecule has 1 fully saturated rings. The second-order valence-electron chi connectivity index (χ2n) is 5.42. The Morgan fingerprint density at radius 2 is 2.33 bits per heavy atom. The number of hydrogen-bond donors (Lipinski definition) is 1. The van der Waals surface area contributed by atoms with Crippen LogP contribution in [0.15, 0.2) is 12.4 Å². The van der Waals surface area contributed by atoms with E-state index in [4.69, 9.17) is 0 Å². The molecule has 7 nitrogen and oxygen atoms in total. The largest absolute Gasteiger partial charge is 0.354 e. The maximum atomic E-state index is 11.7. The first-order chi connectivity index (χ1) is 10.2. The van der Waals surface area contributed by atoms with Crippen LogP contribution < -0.4 is 10.2 Å². The summed E-state index contributed by atoms with van der Waals surface area (Å²) in [7, 11) is 0. The molecule has 21 heavy (non-hydrogen) atoms. The lowest BCUT2D eigenvalue weighted by atomic mass is 10.2.